The molecule has 1 aromatic rings. The number of benzene rings is 1. The Labute approximate surface area is 59.9 Å². The van der Waals surface area contributed by atoms with E-state index in [1.807, 2.05) is 18.2 Å². The van der Waals surface area contributed by atoms with Crippen LogP contribution in [0.5, 0.6) is 0 Å². The smallest absolute Gasteiger partial charge is 0.145 e. The molecule has 10 heavy (non-hydrogen) atoms. The average molecular weight is 132 g/mol. The van der Waals surface area contributed by atoms with E-state index in [1.54, 1.807) is 0 Å². The summed E-state index contributed by atoms with van der Waals surface area (Å²) in [6.45, 7) is 0.814. The highest BCUT2D eigenvalue weighted by Gasteiger charge is 2.11. The van der Waals surface area contributed by atoms with E-state index in [1.165, 1.54) is 5.56 Å². The number of hydrogen-bond acceptors (Lipinski definition) is 1. The fourth-order valence-corrected chi connectivity index (χ4v) is 0.860. The van der Waals surface area contributed by atoms with Gasteiger partial charge in [0.05, 0.1) is 0 Å². The molecule has 1 nitrogen and oxygen atoms in total. The maximum atomic E-state index is 4.97. The second-order valence-electron chi connectivity index (χ2n) is 2.31. The van der Waals surface area contributed by atoms with Crippen molar-refractivity contribution in [3.05, 3.63) is 41.7 Å². The summed E-state index contributed by atoms with van der Waals surface area (Å²) in [4.78, 5) is 0. The van der Waals surface area contributed by atoms with Gasteiger partial charge >= 0.3 is 0 Å². The molecule has 0 bridgehead atoms. The topological polar surface area (TPSA) is 12.5 Å². The van der Waals surface area contributed by atoms with Gasteiger partial charge in [0.2, 0.25) is 0 Å². The van der Waals surface area contributed by atoms with E-state index in [9.17, 15) is 0 Å². The van der Waals surface area contributed by atoms with E-state index in [2.05, 4.69) is 18.2 Å². The summed E-state index contributed by atoms with van der Waals surface area (Å²) >= 11 is 0. The fourth-order valence-electron chi connectivity index (χ4n) is 0.860. The van der Waals surface area contributed by atoms with Crippen molar-refractivity contribution in [3.8, 4) is 0 Å². The molecule has 1 heteroatoms. The van der Waals surface area contributed by atoms with Crippen LogP contribution < -0.4 is 0 Å². The van der Waals surface area contributed by atoms with Crippen LogP contribution in [-0.4, -0.2) is 6.61 Å². The lowest BCUT2D eigenvalue weighted by Gasteiger charge is -1.86. The van der Waals surface area contributed by atoms with Crippen LogP contribution >= 0.6 is 0 Å². The maximum absolute atomic E-state index is 4.97. The lowest BCUT2D eigenvalue weighted by atomic mass is 10.2. The van der Waals surface area contributed by atoms with Crippen LogP contribution in [0.3, 0.4) is 0 Å². The van der Waals surface area contributed by atoms with Gasteiger partial charge in [0, 0.05) is 0 Å². The minimum absolute atomic E-state index is 0.814. The Balaban J connectivity index is 2.26. The van der Waals surface area contributed by atoms with Gasteiger partial charge in [-0.15, -0.1) is 0 Å². The molecule has 0 radical (unpaired) electrons. The van der Waals surface area contributed by atoms with Crippen LogP contribution in [-0.2, 0) is 4.74 Å². The lowest BCUT2D eigenvalue weighted by molar-refractivity contribution is 0.512. The minimum atomic E-state index is 0.814. The van der Waals surface area contributed by atoms with E-state index >= 15 is 0 Å². The number of epoxide rings is 1. The van der Waals surface area contributed by atoms with E-state index in [-0.39, 0.29) is 0 Å². The van der Waals surface area contributed by atoms with Gasteiger partial charge in [0.25, 0.3) is 0 Å². The largest absolute Gasteiger partial charge is 0.486 e. The summed E-state index contributed by atoms with van der Waals surface area (Å²) in [5.74, 6) is 1.09. The third-order valence-corrected chi connectivity index (χ3v) is 1.44. The molecule has 0 aliphatic carbocycles. The Morgan fingerprint density at radius 1 is 1.20 bits per heavy atom. The summed E-state index contributed by atoms with van der Waals surface area (Å²) in [5, 5.41) is 0. The standard InChI is InChI=1S/C9H8O/c1-2-4-8(5-3-1)6-9-7-10-9/h1-6H,7H2. The van der Waals surface area contributed by atoms with Gasteiger partial charge in [-0.3, -0.25) is 0 Å². The molecular formula is C9H8O. The Hall–Kier alpha value is -1.24. The molecule has 0 amide bonds. The van der Waals surface area contributed by atoms with Gasteiger partial charge in [-0.05, 0) is 11.6 Å². The first-order chi connectivity index (χ1) is 4.95. The van der Waals surface area contributed by atoms with Gasteiger partial charge in [-0.25, -0.2) is 0 Å². The Morgan fingerprint density at radius 2 is 1.90 bits per heavy atom. The summed E-state index contributed by atoms with van der Waals surface area (Å²) in [7, 11) is 0. The van der Waals surface area contributed by atoms with E-state index in [4.69, 9.17) is 4.74 Å². The first kappa shape index (κ1) is 5.54. The molecule has 1 fully saturated rings. The van der Waals surface area contributed by atoms with Crippen molar-refractivity contribution >= 4 is 6.08 Å². The molecule has 50 valence electrons. The highest BCUT2D eigenvalue weighted by molar-refractivity contribution is 5.53. The third-order valence-electron chi connectivity index (χ3n) is 1.44. The highest BCUT2D eigenvalue weighted by atomic mass is 16.6. The zero-order valence-electron chi connectivity index (χ0n) is 5.58. The third kappa shape index (κ3) is 1.18. The number of rotatable bonds is 1. The molecule has 0 unspecified atom stereocenters. The quantitative estimate of drug-likeness (QED) is 0.533. The van der Waals surface area contributed by atoms with Crippen LogP contribution in [0.25, 0.3) is 6.08 Å². The molecule has 1 aliphatic heterocycles. The number of ether oxygens (including phenoxy) is 1. The van der Waals surface area contributed by atoms with Crippen molar-refractivity contribution in [2.45, 2.75) is 0 Å². The zero-order chi connectivity index (χ0) is 6.81. The molecule has 0 atom stereocenters. The maximum Gasteiger partial charge on any atom is 0.145 e. The van der Waals surface area contributed by atoms with Gasteiger partial charge in [-0.1, -0.05) is 30.3 Å². The Kier molecular flexibility index (Phi) is 1.21. The summed E-state index contributed by atoms with van der Waals surface area (Å²) in [5.41, 5.74) is 1.22. The monoisotopic (exact) mass is 132 g/mol. The first-order valence-electron chi connectivity index (χ1n) is 3.33. The van der Waals surface area contributed by atoms with Gasteiger partial charge in [0.15, 0.2) is 0 Å². The van der Waals surface area contributed by atoms with Crippen molar-refractivity contribution in [3.63, 3.8) is 0 Å². The van der Waals surface area contributed by atoms with Crippen molar-refractivity contribution in [2.75, 3.05) is 6.61 Å². The first-order valence-corrected chi connectivity index (χ1v) is 3.33. The second kappa shape index (κ2) is 2.18. The van der Waals surface area contributed by atoms with Crippen molar-refractivity contribution in [2.24, 2.45) is 0 Å². The van der Waals surface area contributed by atoms with Gasteiger partial charge in [-0.2, -0.15) is 0 Å². The van der Waals surface area contributed by atoms with E-state index in [0.29, 0.717) is 0 Å². The fraction of sp³-hybridized carbons (Fsp3) is 0.111. The van der Waals surface area contributed by atoms with Gasteiger partial charge < -0.3 is 4.74 Å². The Morgan fingerprint density at radius 3 is 2.50 bits per heavy atom. The summed E-state index contributed by atoms with van der Waals surface area (Å²) in [6, 6.07) is 10.2. The second-order valence-corrected chi connectivity index (χ2v) is 2.31. The van der Waals surface area contributed by atoms with E-state index in [0.717, 1.165) is 12.4 Å². The normalized spacial score (nSPS) is 18.6. The average Bonchev–Trinajstić information content (AvgIpc) is 2.74. The van der Waals surface area contributed by atoms with Crippen LogP contribution in [0, 0.1) is 0 Å². The van der Waals surface area contributed by atoms with E-state index < -0.39 is 0 Å². The predicted molar refractivity (Wildman–Crippen MR) is 40.4 cm³/mol. The molecule has 0 saturated carbocycles. The SMILES string of the molecule is C(=C1CO1)c1ccccc1. The molecule has 1 aliphatic rings. The van der Waals surface area contributed by atoms with Gasteiger partial charge in [0.1, 0.15) is 12.4 Å². The lowest BCUT2D eigenvalue weighted by Crippen LogP contribution is -1.66. The molecule has 1 heterocycles. The number of hydrogen-bond donors (Lipinski definition) is 0. The molecule has 1 saturated heterocycles. The van der Waals surface area contributed by atoms with Crippen molar-refractivity contribution < 1.29 is 4.74 Å². The molecule has 0 N–H and O–H groups in total. The zero-order valence-corrected chi connectivity index (χ0v) is 5.58. The van der Waals surface area contributed by atoms with Crippen LogP contribution in [0.15, 0.2) is 36.1 Å². The highest BCUT2D eigenvalue weighted by Crippen LogP contribution is 2.17. The predicted octanol–water partition coefficient (Wildman–Crippen LogP) is 2.06. The summed E-state index contributed by atoms with van der Waals surface area (Å²) < 4.78 is 4.97. The summed E-state index contributed by atoms with van der Waals surface area (Å²) in [6.07, 6.45) is 2.06. The Bertz CT molecular complexity index is 243. The van der Waals surface area contributed by atoms with Crippen molar-refractivity contribution in [1.29, 1.82) is 0 Å². The van der Waals surface area contributed by atoms with Crippen LogP contribution in [0.2, 0.25) is 0 Å². The van der Waals surface area contributed by atoms with Crippen molar-refractivity contribution in [1.82, 2.24) is 0 Å². The van der Waals surface area contributed by atoms with Crippen LogP contribution in [0.1, 0.15) is 5.56 Å². The molecule has 0 spiro atoms. The molecule has 2 rings (SSSR count). The van der Waals surface area contributed by atoms with Crippen LogP contribution in [0.4, 0.5) is 0 Å². The molecule has 0 aromatic heterocycles. The molecule has 1 aromatic carbocycles. The molecular weight excluding hydrogens is 124 g/mol. The minimum Gasteiger partial charge on any atom is -0.486 e.